The summed E-state index contributed by atoms with van der Waals surface area (Å²) in [5, 5.41) is 7.12. The maximum Gasteiger partial charge on any atom is 0.490 e. The number of halogens is 3. The van der Waals surface area contributed by atoms with Crippen LogP contribution in [0.4, 0.5) is 13.2 Å². The minimum absolute atomic E-state index is 0.182. The number of ether oxygens (including phenoxy) is 2. The Hall–Kier alpha value is -2.62. The third-order valence-corrected chi connectivity index (χ3v) is 6.67. The molecule has 0 saturated carbocycles. The van der Waals surface area contributed by atoms with Gasteiger partial charge >= 0.3 is 12.1 Å². The summed E-state index contributed by atoms with van der Waals surface area (Å²) in [7, 11) is 0. The van der Waals surface area contributed by atoms with Gasteiger partial charge in [0.15, 0.2) is 0 Å². The molecule has 3 heterocycles. The van der Waals surface area contributed by atoms with Crippen LogP contribution in [-0.2, 0) is 14.3 Å². The number of aliphatic carboxylic acids is 1. The van der Waals surface area contributed by atoms with E-state index in [0.717, 1.165) is 58.4 Å². The van der Waals surface area contributed by atoms with E-state index in [1.165, 1.54) is 0 Å². The van der Waals surface area contributed by atoms with Gasteiger partial charge in [0, 0.05) is 43.8 Å². The highest BCUT2D eigenvalue weighted by Crippen LogP contribution is 2.45. The van der Waals surface area contributed by atoms with Crippen molar-refractivity contribution in [3.8, 4) is 5.88 Å². The molecule has 1 unspecified atom stereocenters. The molecule has 1 aliphatic carbocycles. The Balaban J connectivity index is 0.000000383. The van der Waals surface area contributed by atoms with E-state index in [1.807, 2.05) is 18.2 Å². The maximum atomic E-state index is 12.7. The van der Waals surface area contributed by atoms with Gasteiger partial charge in [0.2, 0.25) is 11.8 Å². The molecule has 182 valence electrons. The SMILES string of the molecule is O=C(C1CC=CC1)N1CCC2(CCOCC2COc2ccccn2)CC1.O=C(O)C(F)(F)F. The van der Waals surface area contributed by atoms with Gasteiger partial charge in [-0.3, -0.25) is 4.79 Å². The van der Waals surface area contributed by atoms with Gasteiger partial charge in [0.05, 0.1) is 13.2 Å². The smallest absolute Gasteiger partial charge is 0.477 e. The van der Waals surface area contributed by atoms with Gasteiger partial charge in [0.25, 0.3) is 0 Å². The Kier molecular flexibility index (Phi) is 8.34. The second-order valence-electron chi connectivity index (χ2n) is 8.63. The van der Waals surface area contributed by atoms with E-state index in [-0.39, 0.29) is 11.3 Å². The van der Waals surface area contributed by atoms with Crippen LogP contribution in [0.15, 0.2) is 36.5 Å². The predicted molar refractivity (Wildman–Crippen MR) is 112 cm³/mol. The number of carbonyl (C=O) groups is 2. The van der Waals surface area contributed by atoms with E-state index in [9.17, 15) is 18.0 Å². The van der Waals surface area contributed by atoms with Crippen molar-refractivity contribution in [1.82, 2.24) is 9.88 Å². The predicted octanol–water partition coefficient (Wildman–Crippen LogP) is 3.71. The summed E-state index contributed by atoms with van der Waals surface area (Å²) in [6.45, 7) is 3.94. The average Bonchev–Trinajstić information content (AvgIpc) is 3.34. The zero-order chi connectivity index (χ0) is 23.9. The molecule has 4 rings (SSSR count). The number of carboxylic acid groups (broad SMARTS) is 1. The van der Waals surface area contributed by atoms with E-state index in [1.54, 1.807) is 6.20 Å². The van der Waals surface area contributed by atoms with Gasteiger partial charge in [-0.1, -0.05) is 18.2 Å². The molecule has 0 radical (unpaired) electrons. The van der Waals surface area contributed by atoms with Crippen molar-refractivity contribution in [1.29, 1.82) is 0 Å². The number of piperidine rings is 1. The van der Waals surface area contributed by atoms with Crippen LogP contribution in [0, 0.1) is 17.3 Å². The molecule has 0 aromatic carbocycles. The van der Waals surface area contributed by atoms with E-state index in [4.69, 9.17) is 19.4 Å². The fourth-order valence-corrected chi connectivity index (χ4v) is 4.63. The molecule has 1 aromatic heterocycles. The molecule has 2 fully saturated rings. The number of pyridine rings is 1. The Morgan fingerprint density at radius 3 is 2.42 bits per heavy atom. The number of carbonyl (C=O) groups excluding carboxylic acids is 1. The number of alkyl halides is 3. The van der Waals surface area contributed by atoms with Crippen molar-refractivity contribution < 1.29 is 37.3 Å². The van der Waals surface area contributed by atoms with E-state index in [2.05, 4.69) is 22.0 Å². The highest BCUT2D eigenvalue weighted by Gasteiger charge is 2.45. The van der Waals surface area contributed by atoms with Gasteiger partial charge in [-0.2, -0.15) is 13.2 Å². The summed E-state index contributed by atoms with van der Waals surface area (Å²) in [5.74, 6) is -1.19. The number of nitrogens with zero attached hydrogens (tertiary/aromatic N) is 2. The number of allylic oxidation sites excluding steroid dienone is 2. The molecule has 0 bridgehead atoms. The van der Waals surface area contributed by atoms with Crippen LogP contribution >= 0.6 is 0 Å². The van der Waals surface area contributed by atoms with E-state index in [0.29, 0.717) is 24.3 Å². The highest BCUT2D eigenvalue weighted by atomic mass is 19.4. The third-order valence-electron chi connectivity index (χ3n) is 6.67. The molecule has 10 heteroatoms. The second kappa shape index (κ2) is 11.0. The van der Waals surface area contributed by atoms with Gasteiger partial charge < -0.3 is 19.5 Å². The topological polar surface area (TPSA) is 89.0 Å². The molecule has 1 N–H and O–H groups in total. The lowest BCUT2D eigenvalue weighted by molar-refractivity contribution is -0.192. The molecule has 2 aliphatic heterocycles. The second-order valence-corrected chi connectivity index (χ2v) is 8.63. The van der Waals surface area contributed by atoms with Crippen molar-refractivity contribution in [2.45, 2.75) is 38.3 Å². The number of likely N-dealkylation sites (tertiary alicyclic amines) is 1. The van der Waals surface area contributed by atoms with E-state index >= 15 is 0 Å². The van der Waals surface area contributed by atoms with Crippen LogP contribution < -0.4 is 4.74 Å². The first-order chi connectivity index (χ1) is 15.7. The fraction of sp³-hybridized carbons (Fsp3) is 0.609. The minimum atomic E-state index is -5.08. The Morgan fingerprint density at radius 1 is 1.18 bits per heavy atom. The van der Waals surface area contributed by atoms with Crippen LogP contribution in [0.2, 0.25) is 0 Å². The summed E-state index contributed by atoms with van der Waals surface area (Å²) in [6.07, 6.45) is 5.94. The number of rotatable bonds is 4. The van der Waals surface area contributed by atoms with Crippen molar-refractivity contribution in [3.05, 3.63) is 36.5 Å². The third kappa shape index (κ3) is 6.69. The molecule has 2 saturated heterocycles. The number of amides is 1. The van der Waals surface area contributed by atoms with Crippen LogP contribution in [0.3, 0.4) is 0 Å². The van der Waals surface area contributed by atoms with Crippen molar-refractivity contribution >= 4 is 11.9 Å². The van der Waals surface area contributed by atoms with Crippen LogP contribution in [0.5, 0.6) is 5.88 Å². The zero-order valence-corrected chi connectivity index (χ0v) is 18.3. The summed E-state index contributed by atoms with van der Waals surface area (Å²) < 4.78 is 43.4. The molecular weight excluding hydrogens is 441 g/mol. The lowest BCUT2D eigenvalue weighted by atomic mass is 9.66. The molecule has 33 heavy (non-hydrogen) atoms. The molecule has 1 amide bonds. The fourth-order valence-electron chi connectivity index (χ4n) is 4.63. The maximum absolute atomic E-state index is 12.7. The summed E-state index contributed by atoms with van der Waals surface area (Å²) in [4.78, 5) is 27.9. The van der Waals surface area contributed by atoms with Crippen molar-refractivity contribution in [2.75, 3.05) is 32.9 Å². The van der Waals surface area contributed by atoms with Gasteiger partial charge in [-0.15, -0.1) is 0 Å². The molecular formula is C23H29F3N2O5. The Bertz CT molecular complexity index is 815. The first-order valence-electron chi connectivity index (χ1n) is 11.1. The molecule has 1 aromatic rings. The summed E-state index contributed by atoms with van der Waals surface area (Å²) >= 11 is 0. The number of hydrogen-bond donors (Lipinski definition) is 1. The minimum Gasteiger partial charge on any atom is -0.477 e. The van der Waals surface area contributed by atoms with Crippen molar-refractivity contribution in [3.63, 3.8) is 0 Å². The van der Waals surface area contributed by atoms with Gasteiger partial charge in [-0.05, 0) is 43.6 Å². The lowest BCUT2D eigenvalue weighted by Gasteiger charge is -2.49. The first-order valence-corrected chi connectivity index (χ1v) is 11.1. The molecule has 3 aliphatic rings. The zero-order valence-electron chi connectivity index (χ0n) is 18.3. The number of aromatic nitrogens is 1. The number of hydrogen-bond acceptors (Lipinski definition) is 5. The van der Waals surface area contributed by atoms with Gasteiger partial charge in [0.1, 0.15) is 0 Å². The average molecular weight is 470 g/mol. The summed E-state index contributed by atoms with van der Waals surface area (Å²) in [5.41, 5.74) is 0.234. The normalized spacial score (nSPS) is 22.5. The number of carboxylic acids is 1. The van der Waals surface area contributed by atoms with Crippen molar-refractivity contribution in [2.24, 2.45) is 17.3 Å². The Labute approximate surface area is 190 Å². The van der Waals surface area contributed by atoms with Crippen LogP contribution in [-0.4, -0.2) is 66.0 Å². The Morgan fingerprint density at radius 2 is 1.85 bits per heavy atom. The van der Waals surface area contributed by atoms with Gasteiger partial charge in [-0.25, -0.2) is 9.78 Å². The molecule has 7 nitrogen and oxygen atoms in total. The standard InChI is InChI=1S/C21H28N2O3.C2HF3O2/c24-20(17-5-1-2-6-17)23-12-8-21(9-13-23)10-14-25-15-18(21)16-26-19-7-3-4-11-22-19;3-2(4,5)1(6)7/h1-4,7,11,17-18H,5-6,8-10,12-16H2;(H,6,7). The quantitative estimate of drug-likeness (QED) is 0.675. The first kappa shape index (κ1) is 25.0. The molecule has 1 spiro atoms. The molecule has 1 atom stereocenters. The highest BCUT2D eigenvalue weighted by molar-refractivity contribution is 5.79. The lowest BCUT2D eigenvalue weighted by Crippen LogP contribution is -2.51. The van der Waals surface area contributed by atoms with Crippen LogP contribution in [0.1, 0.15) is 32.1 Å². The van der Waals surface area contributed by atoms with E-state index < -0.39 is 12.1 Å². The largest absolute Gasteiger partial charge is 0.490 e. The van der Waals surface area contributed by atoms with Crippen LogP contribution in [0.25, 0.3) is 0 Å². The monoisotopic (exact) mass is 470 g/mol. The summed E-state index contributed by atoms with van der Waals surface area (Å²) in [6, 6.07) is 5.73.